The molecule has 0 atom stereocenters. The van der Waals surface area contributed by atoms with Crippen LogP contribution in [0.1, 0.15) is 34.3 Å². The summed E-state index contributed by atoms with van der Waals surface area (Å²) in [5.74, 6) is 0.807. The van der Waals surface area contributed by atoms with Crippen LogP contribution in [0.15, 0.2) is 12.1 Å². The lowest BCUT2D eigenvalue weighted by molar-refractivity contribution is -0.132. The van der Waals surface area contributed by atoms with E-state index in [4.69, 9.17) is 9.47 Å². The molecule has 6 nitrogen and oxygen atoms in total. The molecule has 0 N–H and O–H groups in total. The molecule has 0 unspecified atom stereocenters. The van der Waals surface area contributed by atoms with Crippen molar-refractivity contribution in [1.29, 1.82) is 0 Å². The van der Waals surface area contributed by atoms with Crippen LogP contribution in [-0.2, 0) is 22.5 Å². The maximum atomic E-state index is 12.5. The number of benzene rings is 1. The van der Waals surface area contributed by atoms with Gasteiger partial charge in [-0.1, -0.05) is 0 Å². The Labute approximate surface area is 148 Å². The lowest BCUT2D eigenvalue weighted by Gasteiger charge is -2.30. The second-order valence-corrected chi connectivity index (χ2v) is 6.60. The molecule has 0 spiro atoms. The largest absolute Gasteiger partial charge is 0.496 e. The topological polar surface area (TPSA) is 59.1 Å². The van der Waals surface area contributed by atoms with E-state index >= 15 is 0 Å². The zero-order valence-electron chi connectivity index (χ0n) is 14.8. The van der Waals surface area contributed by atoms with Gasteiger partial charge in [-0.3, -0.25) is 14.5 Å². The quantitative estimate of drug-likeness (QED) is 0.731. The minimum absolute atomic E-state index is 0.197. The highest BCUT2D eigenvalue weighted by Gasteiger charge is 2.22. The summed E-state index contributed by atoms with van der Waals surface area (Å²) in [6.07, 6.45) is 3.07. The van der Waals surface area contributed by atoms with Gasteiger partial charge in [0, 0.05) is 32.6 Å². The summed E-state index contributed by atoms with van der Waals surface area (Å²) in [6, 6.07) is 3.79. The van der Waals surface area contributed by atoms with Crippen LogP contribution in [0.5, 0.6) is 5.75 Å². The summed E-state index contributed by atoms with van der Waals surface area (Å²) < 4.78 is 10.6. The van der Waals surface area contributed by atoms with Gasteiger partial charge in [0.05, 0.1) is 25.9 Å². The Morgan fingerprint density at radius 2 is 2.04 bits per heavy atom. The zero-order valence-corrected chi connectivity index (χ0v) is 14.8. The Balaban J connectivity index is 1.54. The van der Waals surface area contributed by atoms with E-state index in [0.717, 1.165) is 64.1 Å². The number of nitrogens with zero attached hydrogens (tertiary/aromatic N) is 2. The smallest absolute Gasteiger partial charge is 0.222 e. The number of rotatable bonds is 6. The van der Waals surface area contributed by atoms with Crippen molar-refractivity contribution in [2.75, 3.05) is 46.5 Å². The zero-order chi connectivity index (χ0) is 17.6. The average molecular weight is 346 g/mol. The third kappa shape index (κ3) is 4.38. The van der Waals surface area contributed by atoms with E-state index in [0.29, 0.717) is 24.3 Å². The maximum Gasteiger partial charge on any atom is 0.222 e. The first-order valence-electron chi connectivity index (χ1n) is 8.94. The molecule has 0 bridgehead atoms. The second-order valence-electron chi connectivity index (χ2n) is 6.60. The van der Waals surface area contributed by atoms with Crippen molar-refractivity contribution in [1.82, 2.24) is 9.80 Å². The number of morpholine rings is 1. The van der Waals surface area contributed by atoms with Crippen molar-refractivity contribution in [2.45, 2.75) is 25.8 Å². The van der Waals surface area contributed by atoms with E-state index in [1.165, 1.54) is 5.56 Å². The van der Waals surface area contributed by atoms with Crippen LogP contribution in [0.4, 0.5) is 0 Å². The highest BCUT2D eigenvalue weighted by Crippen LogP contribution is 2.27. The fraction of sp³-hybridized carbons (Fsp3) is 0.579. The first-order valence-corrected chi connectivity index (χ1v) is 8.94. The fourth-order valence-electron chi connectivity index (χ4n) is 3.52. The van der Waals surface area contributed by atoms with Gasteiger partial charge in [0.2, 0.25) is 5.91 Å². The molecule has 0 saturated carbocycles. The number of amides is 1. The number of aldehydes is 1. The van der Waals surface area contributed by atoms with Gasteiger partial charge in [0.15, 0.2) is 6.29 Å². The SMILES string of the molecule is COc1cc2c(cc1C=O)CN(C(=O)CCCN1CCOCC1)CC2. The lowest BCUT2D eigenvalue weighted by Crippen LogP contribution is -2.38. The molecule has 6 heteroatoms. The Hall–Kier alpha value is -1.92. The number of hydrogen-bond donors (Lipinski definition) is 0. The normalized spacial score (nSPS) is 17.9. The van der Waals surface area contributed by atoms with Gasteiger partial charge in [0.1, 0.15) is 5.75 Å². The molecule has 136 valence electrons. The number of hydrogen-bond acceptors (Lipinski definition) is 5. The molecule has 1 amide bonds. The predicted molar refractivity (Wildman–Crippen MR) is 94.0 cm³/mol. The standard InChI is InChI=1S/C19H26N2O4/c1-24-18-12-15-4-6-21(13-16(15)11-17(18)14-22)19(23)3-2-5-20-7-9-25-10-8-20/h11-12,14H,2-10,13H2,1H3. The monoisotopic (exact) mass is 346 g/mol. The average Bonchev–Trinajstić information content (AvgIpc) is 2.67. The summed E-state index contributed by atoms with van der Waals surface area (Å²) in [5, 5.41) is 0. The summed E-state index contributed by atoms with van der Waals surface area (Å²) in [5.41, 5.74) is 2.76. The van der Waals surface area contributed by atoms with Gasteiger partial charge in [-0.25, -0.2) is 0 Å². The van der Waals surface area contributed by atoms with Gasteiger partial charge in [-0.05, 0) is 42.6 Å². The molecule has 0 aliphatic carbocycles. The molecule has 1 aromatic rings. The molecule has 1 aromatic carbocycles. The van der Waals surface area contributed by atoms with E-state index < -0.39 is 0 Å². The Morgan fingerprint density at radius 1 is 1.24 bits per heavy atom. The van der Waals surface area contributed by atoms with E-state index in [-0.39, 0.29) is 5.91 Å². The van der Waals surface area contributed by atoms with Crippen molar-refractivity contribution in [3.05, 3.63) is 28.8 Å². The Kier molecular flexibility index (Phi) is 6.04. The van der Waals surface area contributed by atoms with E-state index in [2.05, 4.69) is 4.90 Å². The second kappa shape index (κ2) is 8.45. The van der Waals surface area contributed by atoms with Crippen LogP contribution < -0.4 is 4.74 Å². The molecule has 0 aromatic heterocycles. The molecule has 1 fully saturated rings. The maximum absolute atomic E-state index is 12.5. The van der Waals surface area contributed by atoms with Gasteiger partial charge < -0.3 is 14.4 Å². The number of carbonyl (C=O) groups is 2. The van der Waals surface area contributed by atoms with E-state index in [9.17, 15) is 9.59 Å². The number of fused-ring (bicyclic) bond motifs is 1. The van der Waals surface area contributed by atoms with Crippen molar-refractivity contribution < 1.29 is 19.1 Å². The first-order chi connectivity index (χ1) is 12.2. The van der Waals surface area contributed by atoms with Gasteiger partial charge in [-0.15, -0.1) is 0 Å². The summed E-state index contributed by atoms with van der Waals surface area (Å²) in [4.78, 5) is 28.0. The lowest BCUT2D eigenvalue weighted by atomic mass is 9.96. The Bertz CT molecular complexity index is 626. The van der Waals surface area contributed by atoms with Crippen LogP contribution in [0.2, 0.25) is 0 Å². The van der Waals surface area contributed by atoms with E-state index in [1.807, 2.05) is 17.0 Å². The molecule has 25 heavy (non-hydrogen) atoms. The minimum atomic E-state index is 0.197. The van der Waals surface area contributed by atoms with Crippen LogP contribution >= 0.6 is 0 Å². The highest BCUT2D eigenvalue weighted by molar-refractivity contribution is 5.81. The Morgan fingerprint density at radius 3 is 2.76 bits per heavy atom. The van der Waals surface area contributed by atoms with Crippen LogP contribution in [0, 0.1) is 0 Å². The first kappa shape index (κ1) is 17.9. The van der Waals surface area contributed by atoms with Crippen LogP contribution in [0.3, 0.4) is 0 Å². The summed E-state index contributed by atoms with van der Waals surface area (Å²) in [7, 11) is 1.57. The number of methoxy groups -OCH3 is 1. The predicted octanol–water partition coefficient (Wildman–Crippen LogP) is 1.50. The van der Waals surface area contributed by atoms with Crippen LogP contribution in [-0.4, -0.2) is 68.5 Å². The molecule has 0 radical (unpaired) electrons. The number of ether oxygens (including phenoxy) is 2. The molecular formula is C19H26N2O4. The van der Waals surface area contributed by atoms with Gasteiger partial charge >= 0.3 is 0 Å². The molecule has 2 heterocycles. The third-order valence-corrected chi connectivity index (χ3v) is 5.01. The number of carbonyl (C=O) groups excluding carboxylic acids is 2. The van der Waals surface area contributed by atoms with Gasteiger partial charge in [-0.2, -0.15) is 0 Å². The molecule has 3 rings (SSSR count). The van der Waals surface area contributed by atoms with Crippen molar-refractivity contribution in [2.24, 2.45) is 0 Å². The summed E-state index contributed by atoms with van der Waals surface area (Å²) >= 11 is 0. The minimum Gasteiger partial charge on any atom is -0.496 e. The third-order valence-electron chi connectivity index (χ3n) is 5.01. The molecular weight excluding hydrogens is 320 g/mol. The summed E-state index contributed by atoms with van der Waals surface area (Å²) in [6.45, 7) is 5.76. The molecule has 2 aliphatic heterocycles. The highest BCUT2D eigenvalue weighted by atomic mass is 16.5. The van der Waals surface area contributed by atoms with E-state index in [1.54, 1.807) is 7.11 Å². The van der Waals surface area contributed by atoms with Gasteiger partial charge in [0.25, 0.3) is 0 Å². The molecule has 1 saturated heterocycles. The molecule has 2 aliphatic rings. The van der Waals surface area contributed by atoms with Crippen molar-refractivity contribution >= 4 is 12.2 Å². The fourth-order valence-corrected chi connectivity index (χ4v) is 3.52. The van der Waals surface area contributed by atoms with Crippen molar-refractivity contribution in [3.63, 3.8) is 0 Å². The van der Waals surface area contributed by atoms with Crippen LogP contribution in [0.25, 0.3) is 0 Å². The van der Waals surface area contributed by atoms with Crippen molar-refractivity contribution in [3.8, 4) is 5.75 Å².